The van der Waals surface area contributed by atoms with Gasteiger partial charge in [0.15, 0.2) is 13.6 Å². The quantitative estimate of drug-likeness (QED) is 0.0170. The average molecular weight is 1310 g/mol. The molecule has 2 unspecified atom stereocenters. The second-order valence-corrected chi connectivity index (χ2v) is 25.2. The van der Waals surface area contributed by atoms with Gasteiger partial charge in [-0.3, -0.25) is 19.6 Å². The minimum Gasteiger partial charge on any atom is -0.481 e. The Bertz CT molecular complexity index is 3350. The van der Waals surface area contributed by atoms with Crippen molar-refractivity contribution >= 4 is 24.1 Å². The van der Waals surface area contributed by atoms with Crippen LogP contribution in [0.25, 0.3) is 34.4 Å². The number of aliphatic hydroxyl groups excluding tert-OH is 4. The van der Waals surface area contributed by atoms with Crippen LogP contribution in [0.3, 0.4) is 0 Å². The van der Waals surface area contributed by atoms with Gasteiger partial charge >= 0.3 is 11.9 Å². The normalized spacial score (nSPS) is 14.0. The van der Waals surface area contributed by atoms with E-state index in [9.17, 15) is 38.8 Å². The summed E-state index contributed by atoms with van der Waals surface area (Å²) >= 11 is 0. The fraction of sp³-hybridized carbons (Fsp3) is 0.459. The molecule has 0 fully saturated rings. The number of carboxylic acids is 2. The van der Waals surface area contributed by atoms with E-state index in [0.29, 0.717) is 62.9 Å². The first-order valence-electron chi connectivity index (χ1n) is 31.7. The molecule has 0 aliphatic rings. The SMILES string of the molecule is CNC(C)Cc1ccc(OCOC(C)(C)c2nc(C(C)C)c(/C=C/[C@@H](O)C[C@@H](O)CC(=O)O)c(-c3ccc(F)cc3)c2COC)cc1.CNC(C)Cc1ccc(OCOC(C)(C)c2nc(C(C)C)c(COC)c(-c3ccc(F)cc3)c2/C=C/[C@@H](O)C[C@@H](O)CC(=O)O)cc1. The van der Waals surface area contributed by atoms with Gasteiger partial charge in [-0.1, -0.05) is 101 Å². The van der Waals surface area contributed by atoms with Crippen molar-refractivity contribution in [2.75, 3.05) is 41.9 Å². The molecule has 18 nitrogen and oxygen atoms in total. The fourth-order valence-electron chi connectivity index (χ4n) is 10.7. The average Bonchev–Trinajstić information content (AvgIpc) is 0.762. The molecule has 6 aromatic rings. The molecule has 512 valence electrons. The maximum atomic E-state index is 14.1. The van der Waals surface area contributed by atoms with Crippen LogP contribution in [0.4, 0.5) is 8.78 Å². The number of carboxylic acid groups (broad SMARTS) is 2. The second kappa shape index (κ2) is 37.1. The number of ether oxygens (including phenoxy) is 6. The van der Waals surface area contributed by atoms with Crippen LogP contribution in [0, 0.1) is 11.6 Å². The lowest BCUT2D eigenvalue weighted by Gasteiger charge is -2.31. The molecule has 6 atom stereocenters. The lowest BCUT2D eigenvalue weighted by atomic mass is 9.85. The van der Waals surface area contributed by atoms with E-state index in [1.807, 2.05) is 118 Å². The summed E-state index contributed by atoms with van der Waals surface area (Å²) in [6.45, 7) is 20.1. The van der Waals surface area contributed by atoms with Gasteiger partial charge in [-0.25, -0.2) is 8.78 Å². The van der Waals surface area contributed by atoms with Crippen molar-refractivity contribution in [1.29, 1.82) is 0 Å². The second-order valence-electron chi connectivity index (χ2n) is 25.2. The molecule has 0 saturated carbocycles. The predicted octanol–water partition coefficient (Wildman–Crippen LogP) is 12.4. The Morgan fingerprint density at radius 3 is 1.29 bits per heavy atom. The summed E-state index contributed by atoms with van der Waals surface area (Å²) in [5.41, 5.74) is 8.79. The van der Waals surface area contributed by atoms with E-state index in [4.69, 9.17) is 48.6 Å². The molecule has 94 heavy (non-hydrogen) atoms. The van der Waals surface area contributed by atoms with Crippen molar-refractivity contribution in [3.8, 4) is 33.8 Å². The Morgan fingerprint density at radius 1 is 0.532 bits per heavy atom. The van der Waals surface area contributed by atoms with Gasteiger partial charge in [0.25, 0.3) is 0 Å². The van der Waals surface area contributed by atoms with Gasteiger partial charge in [-0.2, -0.15) is 0 Å². The summed E-state index contributed by atoms with van der Waals surface area (Å²) in [5.74, 6) is -1.83. The summed E-state index contributed by atoms with van der Waals surface area (Å²) in [6.07, 6.45) is 2.22. The van der Waals surface area contributed by atoms with E-state index in [1.54, 1.807) is 50.6 Å². The summed E-state index contributed by atoms with van der Waals surface area (Å²) in [7, 11) is 7.04. The lowest BCUT2D eigenvalue weighted by molar-refractivity contribution is -0.140. The summed E-state index contributed by atoms with van der Waals surface area (Å²) < 4.78 is 64.1. The van der Waals surface area contributed by atoms with Crippen molar-refractivity contribution in [2.45, 2.75) is 181 Å². The molecule has 6 rings (SSSR count). The van der Waals surface area contributed by atoms with E-state index in [0.717, 1.165) is 40.8 Å². The van der Waals surface area contributed by atoms with Crippen LogP contribution in [0.2, 0.25) is 0 Å². The molecule has 0 saturated heterocycles. The molecule has 0 bridgehead atoms. The van der Waals surface area contributed by atoms with Crippen molar-refractivity contribution in [3.63, 3.8) is 0 Å². The number of hydrogen-bond acceptors (Lipinski definition) is 16. The molecule has 0 spiro atoms. The third-order valence-corrected chi connectivity index (χ3v) is 15.8. The monoisotopic (exact) mass is 1300 g/mol. The van der Waals surface area contributed by atoms with E-state index in [1.165, 1.54) is 47.5 Å². The maximum Gasteiger partial charge on any atom is 0.305 e. The first-order chi connectivity index (χ1) is 44.5. The number of hydrogen-bond donors (Lipinski definition) is 8. The molecule has 2 aromatic heterocycles. The molecule has 0 aliphatic heterocycles. The van der Waals surface area contributed by atoms with Gasteiger partial charge in [-0.05, 0) is 162 Å². The first kappa shape index (κ1) is 77.4. The van der Waals surface area contributed by atoms with Crippen LogP contribution in [-0.2, 0) is 65.8 Å². The standard InChI is InChI=1S/2C37H49FN2O7/c1-23(2)35-32(21-45-7)34(26-10-12-27(38)13-11-26)31(17-14-28(41)19-29(42)20-33(43)44)36(40-35)37(4,5)47-22-46-30-15-8-25(9-16-30)18-24(3)39-6;1-23(2)35-31(17-14-28(41)19-29(42)20-33(43)44)34(26-10-12-27(38)13-11-26)32(21-45-7)36(40-35)37(4,5)47-22-46-30-15-8-25(9-16-30)18-24(3)39-6/h2*8-17,23-24,28-29,39,41-42H,18-22H2,1-7H3,(H,43,44)/b2*17-14+/t2*24?,28-,29-/m11/s1. The molecule has 0 amide bonds. The molecule has 4 aromatic carbocycles. The van der Waals surface area contributed by atoms with Crippen molar-refractivity contribution < 1.29 is 77.4 Å². The summed E-state index contributed by atoms with van der Waals surface area (Å²) in [4.78, 5) is 32.3. The van der Waals surface area contributed by atoms with Crippen molar-refractivity contribution in [3.05, 3.63) is 177 Å². The summed E-state index contributed by atoms with van der Waals surface area (Å²) in [5, 5.41) is 66.1. The molecular weight excluding hydrogens is 1210 g/mol. The highest BCUT2D eigenvalue weighted by atomic mass is 19.1. The van der Waals surface area contributed by atoms with Crippen LogP contribution in [0.5, 0.6) is 11.5 Å². The third-order valence-electron chi connectivity index (χ3n) is 15.8. The van der Waals surface area contributed by atoms with Gasteiger partial charge in [0.05, 0.1) is 67.6 Å². The minimum absolute atomic E-state index is 0.0101. The minimum atomic E-state index is -1.23. The number of nitrogens with one attached hydrogen (secondary N) is 2. The van der Waals surface area contributed by atoms with Gasteiger partial charge < -0.3 is 69.7 Å². The highest BCUT2D eigenvalue weighted by Crippen LogP contribution is 2.42. The van der Waals surface area contributed by atoms with Crippen LogP contribution in [0.1, 0.15) is 163 Å². The Kier molecular flexibility index (Phi) is 30.5. The molecule has 0 radical (unpaired) electrons. The zero-order valence-corrected chi connectivity index (χ0v) is 56.8. The molecule has 2 heterocycles. The van der Waals surface area contributed by atoms with Crippen molar-refractivity contribution in [1.82, 2.24) is 20.6 Å². The lowest BCUT2D eigenvalue weighted by Crippen LogP contribution is -2.29. The smallest absolute Gasteiger partial charge is 0.305 e. The molecule has 0 aliphatic carbocycles. The van der Waals surface area contributed by atoms with E-state index in [2.05, 4.69) is 24.5 Å². The number of carbonyl (C=O) groups is 2. The zero-order chi connectivity index (χ0) is 69.5. The Hall–Kier alpha value is -7.34. The fourth-order valence-corrected chi connectivity index (χ4v) is 10.7. The highest BCUT2D eigenvalue weighted by molar-refractivity contribution is 5.82. The Balaban J connectivity index is 0.000000341. The van der Waals surface area contributed by atoms with Crippen molar-refractivity contribution in [2.24, 2.45) is 0 Å². The van der Waals surface area contributed by atoms with E-state index < -0.39 is 60.4 Å². The molecular formula is C74H98F2N4O14. The number of pyridine rings is 2. The molecule has 20 heteroatoms. The number of nitrogens with zero attached hydrogens (tertiary/aromatic N) is 2. The third kappa shape index (κ3) is 23.5. The number of aliphatic hydroxyl groups is 4. The van der Waals surface area contributed by atoms with Gasteiger partial charge in [0, 0.05) is 67.1 Å². The predicted molar refractivity (Wildman–Crippen MR) is 361 cm³/mol. The van der Waals surface area contributed by atoms with Gasteiger partial charge in [0.2, 0.25) is 0 Å². The Morgan fingerprint density at radius 2 is 0.904 bits per heavy atom. The van der Waals surface area contributed by atoms with Gasteiger partial charge in [0.1, 0.15) is 34.3 Å². The van der Waals surface area contributed by atoms with E-state index >= 15 is 0 Å². The van der Waals surface area contributed by atoms with Crippen LogP contribution in [0.15, 0.2) is 109 Å². The number of methoxy groups -OCH3 is 2. The van der Waals surface area contributed by atoms with Crippen LogP contribution in [-0.4, -0.2) is 131 Å². The van der Waals surface area contributed by atoms with Crippen LogP contribution < -0.4 is 20.1 Å². The number of benzene rings is 4. The summed E-state index contributed by atoms with van der Waals surface area (Å²) in [6, 6.07) is 28.7. The zero-order valence-electron chi connectivity index (χ0n) is 56.8. The number of aliphatic carboxylic acids is 2. The number of halogens is 2. The maximum absolute atomic E-state index is 14.1. The largest absolute Gasteiger partial charge is 0.481 e. The first-order valence-corrected chi connectivity index (χ1v) is 31.7. The topological polar surface area (TPSA) is 261 Å². The van der Waals surface area contributed by atoms with Crippen LogP contribution >= 0.6 is 0 Å². The number of rotatable bonds is 36. The van der Waals surface area contributed by atoms with E-state index in [-0.39, 0.29) is 63.1 Å². The molecule has 8 N–H and O–H groups in total. The Labute approximate surface area is 553 Å². The number of aromatic nitrogens is 2. The van der Waals surface area contributed by atoms with Gasteiger partial charge in [-0.15, -0.1) is 0 Å². The highest BCUT2D eigenvalue weighted by Gasteiger charge is 2.34. The number of likely N-dealkylation sites (N-methyl/N-ethyl adjacent to an activating group) is 2.